The van der Waals surface area contributed by atoms with Gasteiger partial charge >= 0.3 is 0 Å². The molecule has 1 aromatic heterocycles. The van der Waals surface area contributed by atoms with Crippen LogP contribution in [0.15, 0.2) is 63.7 Å². The van der Waals surface area contributed by atoms with E-state index in [-0.39, 0.29) is 0 Å². The summed E-state index contributed by atoms with van der Waals surface area (Å²) in [6.07, 6.45) is 0. The van der Waals surface area contributed by atoms with Crippen molar-refractivity contribution >= 4 is 33.4 Å². The highest BCUT2D eigenvalue weighted by molar-refractivity contribution is 9.10. The van der Waals surface area contributed by atoms with Gasteiger partial charge < -0.3 is 4.74 Å². The molecule has 0 atom stereocenters. The molecule has 0 fully saturated rings. The van der Waals surface area contributed by atoms with E-state index in [1.807, 2.05) is 28.9 Å². The summed E-state index contributed by atoms with van der Waals surface area (Å²) >= 11 is 5.30. The first-order valence-electron chi connectivity index (χ1n) is 7.79. The summed E-state index contributed by atoms with van der Waals surface area (Å²) in [5.74, 6) is 0.846. The Morgan fingerprint density at radius 2 is 1.92 bits per heavy atom. The lowest BCUT2D eigenvalue weighted by molar-refractivity contribution is 0.415. The molecule has 1 N–H and O–H groups in total. The number of aryl methyl sites for hydroxylation is 1. The lowest BCUT2D eigenvalue weighted by atomic mass is 10.1. The van der Waals surface area contributed by atoms with Gasteiger partial charge in [-0.2, -0.15) is 0 Å². The number of rotatable bonds is 3. The van der Waals surface area contributed by atoms with Gasteiger partial charge in [-0.15, -0.1) is 0 Å². The number of nitrogens with zero attached hydrogens (tertiary/aromatic N) is 2. The third-order valence-corrected chi connectivity index (χ3v) is 5.57. The molecule has 126 valence electrons. The van der Waals surface area contributed by atoms with Crippen molar-refractivity contribution in [2.75, 3.05) is 12.5 Å². The van der Waals surface area contributed by atoms with Gasteiger partial charge in [0.2, 0.25) is 0 Å². The van der Waals surface area contributed by atoms with Gasteiger partial charge in [0.15, 0.2) is 5.16 Å². The molecule has 4 rings (SSSR count). The third kappa shape index (κ3) is 3.07. The molecule has 25 heavy (non-hydrogen) atoms. The molecule has 3 aromatic rings. The van der Waals surface area contributed by atoms with E-state index in [1.54, 1.807) is 18.9 Å². The van der Waals surface area contributed by atoms with Crippen LogP contribution in [0.1, 0.15) is 11.1 Å². The SMILES string of the molecule is COc1ccc(C2=CSc3nc(-c4cccc(C)c4)c(Br)n3N2)cc1. The second-order valence-corrected chi connectivity index (χ2v) is 7.32. The van der Waals surface area contributed by atoms with Gasteiger partial charge in [0.25, 0.3) is 0 Å². The second-order valence-electron chi connectivity index (χ2n) is 5.73. The zero-order chi connectivity index (χ0) is 17.4. The maximum absolute atomic E-state index is 5.23. The fourth-order valence-electron chi connectivity index (χ4n) is 2.70. The van der Waals surface area contributed by atoms with Gasteiger partial charge in [0, 0.05) is 16.5 Å². The smallest absolute Gasteiger partial charge is 0.193 e. The van der Waals surface area contributed by atoms with Gasteiger partial charge in [0.1, 0.15) is 16.0 Å². The zero-order valence-electron chi connectivity index (χ0n) is 13.8. The van der Waals surface area contributed by atoms with Crippen molar-refractivity contribution in [1.29, 1.82) is 0 Å². The highest BCUT2D eigenvalue weighted by atomic mass is 79.9. The summed E-state index contributed by atoms with van der Waals surface area (Å²) in [6, 6.07) is 16.3. The van der Waals surface area contributed by atoms with Crippen molar-refractivity contribution in [3.63, 3.8) is 0 Å². The lowest BCUT2D eigenvalue weighted by Crippen LogP contribution is -2.17. The molecule has 1 aliphatic rings. The Bertz CT molecular complexity index is 963. The maximum Gasteiger partial charge on any atom is 0.193 e. The topological polar surface area (TPSA) is 39.1 Å². The number of benzene rings is 2. The van der Waals surface area contributed by atoms with Crippen LogP contribution in [0.25, 0.3) is 17.0 Å². The van der Waals surface area contributed by atoms with Gasteiger partial charge in [-0.3, -0.25) is 5.43 Å². The van der Waals surface area contributed by atoms with Crippen LogP contribution in [-0.2, 0) is 0 Å². The molecule has 0 aliphatic carbocycles. The number of imidazole rings is 1. The number of nitrogens with one attached hydrogen (secondary N) is 1. The Hall–Kier alpha value is -2.18. The Morgan fingerprint density at radius 3 is 2.64 bits per heavy atom. The molecule has 2 heterocycles. The summed E-state index contributed by atoms with van der Waals surface area (Å²) in [6.45, 7) is 2.09. The lowest BCUT2D eigenvalue weighted by Gasteiger charge is -2.19. The fourth-order valence-corrected chi connectivity index (χ4v) is 4.19. The zero-order valence-corrected chi connectivity index (χ0v) is 16.2. The minimum Gasteiger partial charge on any atom is -0.497 e. The molecule has 0 amide bonds. The number of thioether (sulfide) groups is 1. The average molecular weight is 414 g/mol. The predicted octanol–water partition coefficient (Wildman–Crippen LogP) is 5.28. The van der Waals surface area contributed by atoms with E-state index in [1.165, 1.54) is 5.56 Å². The second kappa shape index (κ2) is 6.61. The molecule has 0 saturated heterocycles. The van der Waals surface area contributed by atoms with Crippen LogP contribution in [0.3, 0.4) is 0 Å². The van der Waals surface area contributed by atoms with E-state index in [0.29, 0.717) is 0 Å². The first kappa shape index (κ1) is 16.3. The van der Waals surface area contributed by atoms with Crippen LogP contribution >= 0.6 is 27.7 Å². The standard InChI is InChI=1S/C19H16BrN3OS/c1-12-4-3-5-14(10-12)17-18(20)23-19(21-17)25-11-16(22-23)13-6-8-15(24-2)9-7-13/h3-11,22H,1-2H3. The molecular weight excluding hydrogens is 398 g/mol. The number of methoxy groups -OCH3 is 1. The van der Waals surface area contributed by atoms with Crippen molar-refractivity contribution in [2.24, 2.45) is 0 Å². The summed E-state index contributed by atoms with van der Waals surface area (Å²) in [4.78, 5) is 4.77. The Balaban J connectivity index is 1.66. The van der Waals surface area contributed by atoms with Crippen LogP contribution in [0.2, 0.25) is 0 Å². The minimum atomic E-state index is 0.846. The van der Waals surface area contributed by atoms with Gasteiger partial charge in [-0.25, -0.2) is 9.66 Å². The summed E-state index contributed by atoms with van der Waals surface area (Å²) in [5, 5.41) is 2.98. The first-order valence-corrected chi connectivity index (χ1v) is 9.46. The number of hydrogen-bond acceptors (Lipinski definition) is 4. The first-order chi connectivity index (χ1) is 12.2. The van der Waals surface area contributed by atoms with Crippen LogP contribution in [-0.4, -0.2) is 16.8 Å². The van der Waals surface area contributed by atoms with Crippen LogP contribution in [0, 0.1) is 6.92 Å². The summed E-state index contributed by atoms with van der Waals surface area (Å²) in [7, 11) is 1.67. The van der Waals surface area contributed by atoms with Crippen LogP contribution in [0.4, 0.5) is 0 Å². The quantitative estimate of drug-likeness (QED) is 0.633. The highest BCUT2D eigenvalue weighted by Gasteiger charge is 2.21. The molecule has 6 heteroatoms. The summed E-state index contributed by atoms with van der Waals surface area (Å²) in [5.41, 5.74) is 8.80. The molecule has 0 spiro atoms. The minimum absolute atomic E-state index is 0.846. The maximum atomic E-state index is 5.23. The molecule has 0 radical (unpaired) electrons. The van der Waals surface area contributed by atoms with E-state index in [9.17, 15) is 0 Å². The predicted molar refractivity (Wildman–Crippen MR) is 106 cm³/mol. The van der Waals surface area contributed by atoms with Crippen molar-refractivity contribution < 1.29 is 4.74 Å². The fraction of sp³-hybridized carbons (Fsp3) is 0.105. The van der Waals surface area contributed by atoms with Crippen molar-refractivity contribution in [2.45, 2.75) is 12.1 Å². The van der Waals surface area contributed by atoms with Crippen molar-refractivity contribution in [3.05, 3.63) is 69.7 Å². The normalized spacial score (nSPS) is 13.0. The highest BCUT2D eigenvalue weighted by Crippen LogP contribution is 2.37. The monoisotopic (exact) mass is 413 g/mol. The van der Waals surface area contributed by atoms with E-state index in [2.05, 4.69) is 58.0 Å². The van der Waals surface area contributed by atoms with Gasteiger partial charge in [-0.05, 0) is 53.2 Å². The van der Waals surface area contributed by atoms with Crippen LogP contribution in [0.5, 0.6) is 5.75 Å². The third-order valence-electron chi connectivity index (χ3n) is 4.00. The Labute approximate surface area is 159 Å². The number of aromatic nitrogens is 2. The van der Waals surface area contributed by atoms with E-state index < -0.39 is 0 Å². The van der Waals surface area contributed by atoms with E-state index in [0.717, 1.165) is 38.0 Å². The van der Waals surface area contributed by atoms with E-state index >= 15 is 0 Å². The van der Waals surface area contributed by atoms with Gasteiger partial charge in [0.05, 0.1) is 12.8 Å². The molecule has 0 unspecified atom stereocenters. The molecular formula is C19H16BrN3OS. The van der Waals surface area contributed by atoms with Crippen molar-refractivity contribution in [3.8, 4) is 17.0 Å². The Kier molecular flexibility index (Phi) is 4.31. The Morgan fingerprint density at radius 1 is 1.12 bits per heavy atom. The van der Waals surface area contributed by atoms with E-state index in [4.69, 9.17) is 9.72 Å². The molecule has 0 saturated carbocycles. The number of halogens is 1. The molecule has 0 bridgehead atoms. The largest absolute Gasteiger partial charge is 0.497 e. The van der Waals surface area contributed by atoms with Crippen LogP contribution < -0.4 is 10.2 Å². The number of fused-ring (bicyclic) bond motifs is 1. The molecule has 4 nitrogen and oxygen atoms in total. The number of ether oxygens (including phenoxy) is 1. The average Bonchev–Trinajstić information content (AvgIpc) is 2.98. The molecule has 1 aliphatic heterocycles. The van der Waals surface area contributed by atoms with Gasteiger partial charge in [-0.1, -0.05) is 35.5 Å². The summed E-state index contributed by atoms with van der Waals surface area (Å²) < 4.78 is 8.12. The molecule has 2 aromatic carbocycles. The van der Waals surface area contributed by atoms with Crippen molar-refractivity contribution in [1.82, 2.24) is 9.66 Å². The number of hydrogen-bond donors (Lipinski definition) is 1.